The molecule has 6 heteroatoms. The lowest BCUT2D eigenvalue weighted by Gasteiger charge is -2.36. The molecule has 0 saturated carbocycles. The molecule has 0 N–H and O–H groups in total. The number of rotatable bonds is 8. The molecule has 0 aliphatic carbocycles. The lowest BCUT2D eigenvalue weighted by molar-refractivity contribution is 0.451. The molecule has 230 valence electrons. The molecule has 0 fully saturated rings. The van der Waals surface area contributed by atoms with Crippen molar-refractivity contribution in [2.75, 3.05) is 0 Å². The molecule has 2 aromatic heterocycles. The zero-order valence-electron chi connectivity index (χ0n) is 26.1. The first-order chi connectivity index (χ1) is 23.7. The van der Waals surface area contributed by atoms with E-state index >= 15 is 0 Å². The second kappa shape index (κ2) is 12.4. The van der Waals surface area contributed by atoms with Gasteiger partial charge in [-0.25, -0.2) is 4.68 Å². The number of hydrogen-bond acceptors (Lipinski definition) is 4. The van der Waals surface area contributed by atoms with Crippen LogP contribution in [0.5, 0.6) is 0 Å². The van der Waals surface area contributed by atoms with Crippen LogP contribution in [0, 0.1) is 0 Å². The minimum atomic E-state index is -0.856. The molecule has 0 bridgehead atoms. The summed E-state index contributed by atoms with van der Waals surface area (Å²) in [6.07, 6.45) is 0. The van der Waals surface area contributed by atoms with Gasteiger partial charge in [0.05, 0.1) is 12.1 Å². The van der Waals surface area contributed by atoms with E-state index in [2.05, 4.69) is 114 Å². The zero-order chi connectivity index (χ0) is 32.3. The van der Waals surface area contributed by atoms with E-state index in [0.29, 0.717) is 12.4 Å². The molecule has 8 rings (SSSR count). The first-order valence-electron chi connectivity index (χ1n) is 16.0. The van der Waals surface area contributed by atoms with Crippen molar-refractivity contribution in [1.82, 2.24) is 24.8 Å². The minimum absolute atomic E-state index is 0.0197. The Hall–Kier alpha value is -6.40. The van der Waals surface area contributed by atoms with Gasteiger partial charge >= 0.3 is 0 Å². The molecule has 0 spiro atoms. The van der Waals surface area contributed by atoms with Gasteiger partial charge in [-0.1, -0.05) is 158 Å². The van der Waals surface area contributed by atoms with Crippen LogP contribution in [0.2, 0.25) is 0 Å². The lowest BCUT2D eigenvalue weighted by Crippen LogP contribution is -2.39. The Morgan fingerprint density at radius 3 is 1.69 bits per heavy atom. The molecular formula is C42H31N5O. The highest BCUT2D eigenvalue weighted by Gasteiger charge is 2.42. The smallest absolute Gasteiger partial charge is 0.251 e. The van der Waals surface area contributed by atoms with E-state index < -0.39 is 5.54 Å². The summed E-state index contributed by atoms with van der Waals surface area (Å²) in [5.74, 6) is 0.647. The predicted molar refractivity (Wildman–Crippen MR) is 191 cm³/mol. The van der Waals surface area contributed by atoms with Crippen LogP contribution in [0.3, 0.4) is 0 Å². The maximum Gasteiger partial charge on any atom is 0.251 e. The van der Waals surface area contributed by atoms with Crippen LogP contribution < -0.4 is 5.56 Å². The van der Waals surface area contributed by atoms with Gasteiger partial charge in [-0.05, 0) is 61.3 Å². The van der Waals surface area contributed by atoms with Gasteiger partial charge in [0, 0.05) is 11.6 Å². The SMILES string of the molecule is O=c1ccc2ccccc2n1Cc1ccc(-c2ccccc2-c2nnnn2C(c2ccccc2)(c2ccccc2)c2ccccc2)cc1. The third kappa shape index (κ3) is 5.00. The van der Waals surface area contributed by atoms with Crippen LogP contribution in [0.15, 0.2) is 181 Å². The Balaban J connectivity index is 1.26. The highest BCUT2D eigenvalue weighted by Crippen LogP contribution is 2.43. The van der Waals surface area contributed by atoms with Gasteiger partial charge in [-0.15, -0.1) is 5.10 Å². The molecule has 48 heavy (non-hydrogen) atoms. The van der Waals surface area contributed by atoms with E-state index in [1.807, 2.05) is 69.9 Å². The minimum Gasteiger partial charge on any atom is -0.304 e. The molecule has 0 amide bonds. The topological polar surface area (TPSA) is 65.6 Å². The molecule has 6 nitrogen and oxygen atoms in total. The van der Waals surface area contributed by atoms with Crippen molar-refractivity contribution in [3.63, 3.8) is 0 Å². The molecule has 6 aromatic carbocycles. The Morgan fingerprint density at radius 2 is 1.06 bits per heavy atom. The van der Waals surface area contributed by atoms with E-state index in [4.69, 9.17) is 10.3 Å². The Labute approximate surface area is 278 Å². The monoisotopic (exact) mass is 621 g/mol. The van der Waals surface area contributed by atoms with E-state index in [0.717, 1.165) is 49.8 Å². The van der Waals surface area contributed by atoms with Gasteiger partial charge in [-0.3, -0.25) is 4.79 Å². The van der Waals surface area contributed by atoms with Gasteiger partial charge in [0.25, 0.3) is 5.56 Å². The average Bonchev–Trinajstić information content (AvgIpc) is 3.65. The quantitative estimate of drug-likeness (QED) is 0.160. The lowest BCUT2D eigenvalue weighted by atomic mass is 9.77. The number of nitrogens with zero attached hydrogens (tertiary/aromatic N) is 5. The van der Waals surface area contributed by atoms with Gasteiger partial charge in [0.15, 0.2) is 5.82 Å². The van der Waals surface area contributed by atoms with Crippen molar-refractivity contribution in [1.29, 1.82) is 0 Å². The number of tetrazole rings is 1. The van der Waals surface area contributed by atoms with Crippen molar-refractivity contribution in [3.8, 4) is 22.5 Å². The Kier molecular flexibility index (Phi) is 7.51. The summed E-state index contributed by atoms with van der Waals surface area (Å²) < 4.78 is 3.79. The highest BCUT2D eigenvalue weighted by atomic mass is 16.1. The summed E-state index contributed by atoms with van der Waals surface area (Å²) in [5, 5.41) is 14.8. The summed E-state index contributed by atoms with van der Waals surface area (Å²) in [7, 11) is 0. The van der Waals surface area contributed by atoms with Crippen molar-refractivity contribution in [2.24, 2.45) is 0 Å². The summed E-state index contributed by atoms with van der Waals surface area (Å²) >= 11 is 0. The van der Waals surface area contributed by atoms with E-state index in [9.17, 15) is 4.79 Å². The predicted octanol–water partition coefficient (Wildman–Crippen LogP) is 8.21. The maximum atomic E-state index is 12.9. The number of benzene rings is 6. The summed E-state index contributed by atoms with van der Waals surface area (Å²) in [5.41, 5.74) is 7.15. The third-order valence-electron chi connectivity index (χ3n) is 9.03. The van der Waals surface area contributed by atoms with Crippen LogP contribution in [0.1, 0.15) is 22.3 Å². The number of fused-ring (bicyclic) bond motifs is 1. The first-order valence-corrected chi connectivity index (χ1v) is 16.0. The molecule has 0 atom stereocenters. The van der Waals surface area contributed by atoms with Crippen molar-refractivity contribution < 1.29 is 0 Å². The second-order valence-electron chi connectivity index (χ2n) is 11.8. The summed E-state index contributed by atoms with van der Waals surface area (Å²) in [6, 6.07) is 59.4. The highest BCUT2D eigenvalue weighted by molar-refractivity contribution is 5.81. The van der Waals surface area contributed by atoms with Crippen molar-refractivity contribution in [2.45, 2.75) is 12.1 Å². The fourth-order valence-corrected chi connectivity index (χ4v) is 6.80. The van der Waals surface area contributed by atoms with E-state index in [-0.39, 0.29) is 5.56 Å². The standard InChI is InChI=1S/C42H31N5O/c48-40-29-28-33-14-10-13-23-39(33)46(40)30-31-24-26-32(27-25-31)37-21-11-12-22-38(37)41-43-44-45-47(41)42(34-15-4-1-5-16-34,35-17-6-2-7-18-35)36-19-8-3-9-20-36/h1-29H,30H2. The second-order valence-corrected chi connectivity index (χ2v) is 11.8. The molecule has 0 radical (unpaired) electrons. The van der Waals surface area contributed by atoms with E-state index in [1.165, 1.54) is 0 Å². The van der Waals surface area contributed by atoms with Crippen LogP contribution in [0.4, 0.5) is 0 Å². The largest absolute Gasteiger partial charge is 0.304 e. The summed E-state index contributed by atoms with van der Waals surface area (Å²) in [4.78, 5) is 12.9. The molecule has 0 aliphatic heterocycles. The fourth-order valence-electron chi connectivity index (χ4n) is 6.80. The Bertz CT molecular complexity index is 2290. The van der Waals surface area contributed by atoms with Gasteiger partial charge < -0.3 is 4.57 Å². The van der Waals surface area contributed by atoms with Crippen LogP contribution in [-0.4, -0.2) is 24.8 Å². The molecular weight excluding hydrogens is 590 g/mol. The molecule has 0 aliphatic rings. The van der Waals surface area contributed by atoms with Crippen molar-refractivity contribution >= 4 is 10.9 Å². The number of hydrogen-bond donors (Lipinski definition) is 0. The van der Waals surface area contributed by atoms with Crippen LogP contribution >= 0.6 is 0 Å². The zero-order valence-corrected chi connectivity index (χ0v) is 26.1. The summed E-state index contributed by atoms with van der Waals surface area (Å²) in [6.45, 7) is 0.480. The first kappa shape index (κ1) is 29.0. The van der Waals surface area contributed by atoms with Crippen LogP contribution in [0.25, 0.3) is 33.4 Å². The number of para-hydroxylation sites is 1. The Morgan fingerprint density at radius 1 is 0.521 bits per heavy atom. The maximum absolute atomic E-state index is 12.9. The molecule has 0 unspecified atom stereocenters. The third-order valence-corrected chi connectivity index (χ3v) is 9.03. The van der Waals surface area contributed by atoms with Gasteiger partial charge in [-0.2, -0.15) is 0 Å². The van der Waals surface area contributed by atoms with Crippen molar-refractivity contribution in [3.05, 3.63) is 209 Å². The number of pyridine rings is 1. The normalized spacial score (nSPS) is 11.5. The van der Waals surface area contributed by atoms with Gasteiger partial charge in [0.1, 0.15) is 5.54 Å². The van der Waals surface area contributed by atoms with Gasteiger partial charge in [0.2, 0.25) is 0 Å². The molecule has 2 heterocycles. The van der Waals surface area contributed by atoms with Crippen LogP contribution in [-0.2, 0) is 12.1 Å². The van der Waals surface area contributed by atoms with E-state index in [1.54, 1.807) is 6.07 Å². The fraction of sp³-hybridized carbons (Fsp3) is 0.0476. The number of aromatic nitrogens is 5. The molecule has 0 saturated heterocycles. The molecule has 8 aromatic rings. The average molecular weight is 622 g/mol.